The summed E-state index contributed by atoms with van der Waals surface area (Å²) in [5, 5.41) is 11.3. The third-order valence-corrected chi connectivity index (χ3v) is 4.19. The molecule has 0 saturated carbocycles. The van der Waals surface area contributed by atoms with Gasteiger partial charge in [-0.1, -0.05) is 0 Å². The van der Waals surface area contributed by atoms with E-state index in [2.05, 4.69) is 10.1 Å². The molecule has 128 valence electrons. The second kappa shape index (κ2) is 7.87. The van der Waals surface area contributed by atoms with Crippen LogP contribution in [0.25, 0.3) is 10.4 Å². The maximum atomic E-state index is 12.1. The lowest BCUT2D eigenvalue weighted by molar-refractivity contribution is -0.137. The largest absolute Gasteiger partial charge is 0.481 e. The third-order valence-electron chi connectivity index (χ3n) is 3.05. The lowest BCUT2D eigenvalue weighted by Crippen LogP contribution is -2.33. The molecule has 0 aliphatic rings. The van der Waals surface area contributed by atoms with Crippen molar-refractivity contribution in [3.05, 3.63) is 41.3 Å². The molecule has 0 fully saturated rings. The number of carbonyl (C=O) groups is 2. The minimum atomic E-state index is -2.87. The summed E-state index contributed by atoms with van der Waals surface area (Å²) in [6.07, 6.45) is -0.157. The van der Waals surface area contributed by atoms with Crippen molar-refractivity contribution in [1.29, 1.82) is 0 Å². The Balaban J connectivity index is 2.04. The van der Waals surface area contributed by atoms with E-state index in [1.807, 2.05) is 0 Å². The van der Waals surface area contributed by atoms with Gasteiger partial charge in [-0.15, -0.1) is 11.3 Å². The molecule has 2 rings (SSSR count). The van der Waals surface area contributed by atoms with Gasteiger partial charge >= 0.3 is 12.6 Å². The first kappa shape index (κ1) is 17.9. The Bertz CT molecular complexity index is 715. The molecule has 0 spiro atoms. The number of alkyl halides is 2. The molecule has 1 aromatic carbocycles. The zero-order valence-electron chi connectivity index (χ0n) is 12.7. The summed E-state index contributed by atoms with van der Waals surface area (Å²) in [5.41, 5.74) is 0.763. The molecule has 2 N–H and O–H groups in total. The van der Waals surface area contributed by atoms with E-state index in [0.29, 0.717) is 4.88 Å². The molecule has 5 nitrogen and oxygen atoms in total. The second-order valence-corrected chi connectivity index (χ2v) is 6.12. The number of carboxylic acid groups (broad SMARTS) is 1. The van der Waals surface area contributed by atoms with Crippen LogP contribution in [0.4, 0.5) is 8.78 Å². The smallest absolute Gasteiger partial charge is 0.387 e. The predicted molar refractivity (Wildman–Crippen MR) is 85.6 cm³/mol. The van der Waals surface area contributed by atoms with Crippen LogP contribution in [-0.4, -0.2) is 29.6 Å². The van der Waals surface area contributed by atoms with Gasteiger partial charge in [-0.3, -0.25) is 9.59 Å². The normalized spacial score (nSPS) is 12.0. The average molecular weight is 355 g/mol. The van der Waals surface area contributed by atoms with Crippen LogP contribution in [0.1, 0.15) is 23.0 Å². The van der Waals surface area contributed by atoms with Crippen molar-refractivity contribution in [3.63, 3.8) is 0 Å². The van der Waals surface area contributed by atoms with Crippen molar-refractivity contribution >= 4 is 23.2 Å². The van der Waals surface area contributed by atoms with Gasteiger partial charge in [0, 0.05) is 10.9 Å². The van der Waals surface area contributed by atoms with Gasteiger partial charge in [-0.05, 0) is 48.9 Å². The molecule has 24 heavy (non-hydrogen) atoms. The SMILES string of the molecule is CC(CC(=O)O)NC(=O)c1ccc(-c2ccc(OC(F)F)cc2)s1. The van der Waals surface area contributed by atoms with Crippen LogP contribution in [0.15, 0.2) is 36.4 Å². The molecule has 2 aromatic rings. The minimum absolute atomic E-state index is 0.0609. The topological polar surface area (TPSA) is 75.6 Å². The van der Waals surface area contributed by atoms with Gasteiger partial charge < -0.3 is 15.2 Å². The number of aliphatic carboxylic acids is 1. The van der Waals surface area contributed by atoms with E-state index >= 15 is 0 Å². The maximum absolute atomic E-state index is 12.1. The van der Waals surface area contributed by atoms with Crippen LogP contribution in [0.5, 0.6) is 5.75 Å². The standard InChI is InChI=1S/C16H15F2NO4S/c1-9(8-14(20)21)19-15(22)13-7-6-12(24-13)10-2-4-11(5-3-10)23-16(17)18/h2-7,9,16H,8H2,1H3,(H,19,22)(H,20,21). The Morgan fingerprint density at radius 2 is 1.88 bits per heavy atom. The van der Waals surface area contributed by atoms with E-state index in [1.165, 1.54) is 23.5 Å². The van der Waals surface area contributed by atoms with E-state index in [0.717, 1.165) is 10.4 Å². The van der Waals surface area contributed by atoms with Crippen molar-refractivity contribution in [2.24, 2.45) is 0 Å². The quantitative estimate of drug-likeness (QED) is 0.796. The molecule has 0 saturated heterocycles. The van der Waals surface area contributed by atoms with Crippen LogP contribution in [0, 0.1) is 0 Å². The number of benzene rings is 1. The molecule has 1 aromatic heterocycles. The summed E-state index contributed by atoms with van der Waals surface area (Å²) >= 11 is 1.23. The van der Waals surface area contributed by atoms with Crippen molar-refractivity contribution in [1.82, 2.24) is 5.32 Å². The first-order chi connectivity index (χ1) is 11.3. The summed E-state index contributed by atoms with van der Waals surface area (Å²) in [6.45, 7) is -1.26. The third kappa shape index (κ3) is 5.02. The lowest BCUT2D eigenvalue weighted by atomic mass is 10.2. The van der Waals surface area contributed by atoms with Crippen LogP contribution in [0.2, 0.25) is 0 Å². The number of hydrogen-bond donors (Lipinski definition) is 2. The first-order valence-corrected chi connectivity index (χ1v) is 7.84. The van der Waals surface area contributed by atoms with Gasteiger partial charge in [-0.2, -0.15) is 8.78 Å². The molecule has 1 heterocycles. The molecular formula is C16H15F2NO4S. The molecule has 0 bridgehead atoms. The molecule has 0 aliphatic carbocycles. The van der Waals surface area contributed by atoms with Gasteiger partial charge in [0.25, 0.3) is 5.91 Å². The van der Waals surface area contributed by atoms with Gasteiger partial charge in [0.2, 0.25) is 0 Å². The Hall–Kier alpha value is -2.48. The molecule has 0 radical (unpaired) electrons. The number of rotatable bonds is 7. The van der Waals surface area contributed by atoms with Crippen LogP contribution in [0.3, 0.4) is 0 Å². The number of nitrogens with one attached hydrogen (secondary N) is 1. The highest BCUT2D eigenvalue weighted by Gasteiger charge is 2.15. The highest BCUT2D eigenvalue weighted by molar-refractivity contribution is 7.17. The molecule has 1 atom stereocenters. The molecule has 0 aliphatic heterocycles. The van der Waals surface area contributed by atoms with Crippen molar-refractivity contribution in [2.75, 3.05) is 0 Å². The number of ether oxygens (including phenoxy) is 1. The monoisotopic (exact) mass is 355 g/mol. The minimum Gasteiger partial charge on any atom is -0.481 e. The highest BCUT2D eigenvalue weighted by atomic mass is 32.1. The van der Waals surface area contributed by atoms with Crippen molar-refractivity contribution < 1.29 is 28.2 Å². The van der Waals surface area contributed by atoms with Crippen molar-refractivity contribution in [3.8, 4) is 16.2 Å². The van der Waals surface area contributed by atoms with Gasteiger partial charge in [0.1, 0.15) is 5.75 Å². The maximum Gasteiger partial charge on any atom is 0.387 e. The molecule has 8 heteroatoms. The van der Waals surface area contributed by atoms with E-state index in [-0.39, 0.29) is 18.1 Å². The summed E-state index contributed by atoms with van der Waals surface area (Å²) in [4.78, 5) is 23.9. The predicted octanol–water partition coefficient (Wildman–Crippen LogP) is 3.61. The van der Waals surface area contributed by atoms with E-state index in [9.17, 15) is 18.4 Å². The average Bonchev–Trinajstić information content (AvgIpc) is 2.96. The Labute approximate surface area is 140 Å². The van der Waals surface area contributed by atoms with Crippen LogP contribution < -0.4 is 10.1 Å². The van der Waals surface area contributed by atoms with Gasteiger partial charge in [0.05, 0.1) is 11.3 Å². The van der Waals surface area contributed by atoms with E-state index in [4.69, 9.17) is 5.11 Å². The van der Waals surface area contributed by atoms with Crippen molar-refractivity contribution in [2.45, 2.75) is 26.0 Å². The molecule has 1 amide bonds. The van der Waals surface area contributed by atoms with Crippen LogP contribution >= 0.6 is 11.3 Å². The number of carboxylic acids is 1. The highest BCUT2D eigenvalue weighted by Crippen LogP contribution is 2.29. The van der Waals surface area contributed by atoms with Gasteiger partial charge in [-0.25, -0.2) is 0 Å². The fraction of sp³-hybridized carbons (Fsp3) is 0.250. The Morgan fingerprint density at radius 1 is 1.21 bits per heavy atom. The number of amides is 1. The summed E-state index contributed by atoms with van der Waals surface area (Å²) in [7, 11) is 0. The van der Waals surface area contributed by atoms with E-state index in [1.54, 1.807) is 31.2 Å². The number of carbonyl (C=O) groups excluding carboxylic acids is 1. The van der Waals surface area contributed by atoms with Gasteiger partial charge in [0.15, 0.2) is 0 Å². The Kier molecular flexibility index (Phi) is 5.86. The fourth-order valence-electron chi connectivity index (χ4n) is 2.02. The molecule has 1 unspecified atom stereocenters. The number of thiophene rings is 1. The first-order valence-electron chi connectivity index (χ1n) is 7.03. The Morgan fingerprint density at radius 3 is 2.46 bits per heavy atom. The fourth-order valence-corrected chi connectivity index (χ4v) is 2.94. The van der Waals surface area contributed by atoms with Crippen LogP contribution in [-0.2, 0) is 4.79 Å². The van der Waals surface area contributed by atoms with E-state index < -0.39 is 18.6 Å². The second-order valence-electron chi connectivity index (χ2n) is 5.04. The number of halogens is 2. The molecular weight excluding hydrogens is 340 g/mol. The summed E-state index contributed by atoms with van der Waals surface area (Å²) < 4.78 is 28.5. The summed E-state index contributed by atoms with van der Waals surface area (Å²) in [5.74, 6) is -1.27. The summed E-state index contributed by atoms with van der Waals surface area (Å²) in [6, 6.07) is 8.99. The zero-order valence-corrected chi connectivity index (χ0v) is 13.5. The zero-order chi connectivity index (χ0) is 17.7. The number of hydrogen-bond acceptors (Lipinski definition) is 4. The lowest BCUT2D eigenvalue weighted by Gasteiger charge is -2.10.